The molecule has 0 amide bonds. The lowest BCUT2D eigenvalue weighted by atomic mass is 10.4. The van der Waals surface area contributed by atoms with Crippen LogP contribution in [0.5, 0.6) is 0 Å². The molecule has 0 radical (unpaired) electrons. The van der Waals surface area contributed by atoms with Gasteiger partial charge in [0.2, 0.25) is 5.84 Å². The van der Waals surface area contributed by atoms with Crippen molar-refractivity contribution in [1.29, 1.82) is 0 Å². The average molecular weight is 154 g/mol. The van der Waals surface area contributed by atoms with Crippen LogP contribution in [-0.2, 0) is 0 Å². The number of allylic oxidation sites excluding steroid dienone is 2. The molecule has 0 saturated carbocycles. The van der Waals surface area contributed by atoms with Gasteiger partial charge in [-0.3, -0.25) is 0 Å². The van der Waals surface area contributed by atoms with Crippen molar-refractivity contribution >= 4 is 17.8 Å². The maximum Gasteiger partial charge on any atom is 0.209 e. The fourth-order valence-corrected chi connectivity index (χ4v) is 1.03. The number of nitrogens with two attached hydrogens (primary N) is 1. The van der Waals surface area contributed by atoms with Crippen LogP contribution in [0.3, 0.4) is 0 Å². The molecule has 0 bridgehead atoms. The monoisotopic (exact) mass is 154 g/mol. The molecule has 4 nitrogen and oxygen atoms in total. The van der Waals surface area contributed by atoms with Gasteiger partial charge in [0.25, 0.3) is 0 Å². The highest BCUT2D eigenvalue weighted by Crippen LogP contribution is 2.26. The molecule has 10 heavy (non-hydrogen) atoms. The summed E-state index contributed by atoms with van der Waals surface area (Å²) in [6.45, 7) is 3.52. The first-order chi connectivity index (χ1) is 4.88. The van der Waals surface area contributed by atoms with Gasteiger partial charge in [0.15, 0.2) is 0 Å². The van der Waals surface area contributed by atoms with E-state index in [0.29, 0.717) is 5.84 Å². The number of nitrogens with zero attached hydrogens (tertiary/aromatic N) is 3. The fraction of sp³-hybridized carbons (Fsp3) is 0. The summed E-state index contributed by atoms with van der Waals surface area (Å²) in [7, 11) is 0. The van der Waals surface area contributed by atoms with Crippen LogP contribution in [0.25, 0.3) is 0 Å². The molecule has 1 rings (SSSR count). The largest absolute Gasteiger partial charge is 0.321 e. The molecular weight excluding hydrogens is 148 g/mol. The first kappa shape index (κ1) is 7.01. The van der Waals surface area contributed by atoms with E-state index >= 15 is 0 Å². The molecule has 1 aliphatic heterocycles. The zero-order valence-corrected chi connectivity index (χ0v) is 6.01. The maximum atomic E-state index is 5.00. The van der Waals surface area contributed by atoms with E-state index in [-0.39, 0.29) is 0 Å². The molecule has 0 unspecified atom stereocenters. The number of rotatable bonds is 1. The molecule has 52 valence electrons. The molecule has 2 N–H and O–H groups in total. The van der Waals surface area contributed by atoms with Crippen LogP contribution in [0.2, 0.25) is 0 Å². The summed E-state index contributed by atoms with van der Waals surface area (Å²) < 4.78 is 3.65. The molecule has 0 saturated heterocycles. The lowest BCUT2D eigenvalue weighted by Gasteiger charge is -1.87. The third-order valence-corrected chi connectivity index (χ3v) is 1.57. The minimum absolute atomic E-state index is 0.463. The Morgan fingerprint density at radius 1 is 1.70 bits per heavy atom. The van der Waals surface area contributed by atoms with Crippen molar-refractivity contribution in [3.05, 3.63) is 23.6 Å². The molecule has 1 aliphatic rings. The Bertz CT molecular complexity index is 228. The molecule has 0 aromatic carbocycles. The van der Waals surface area contributed by atoms with E-state index in [0.717, 1.165) is 4.91 Å². The highest BCUT2D eigenvalue weighted by atomic mass is 32.2. The topological polar surface area (TPSA) is 63.1 Å². The van der Waals surface area contributed by atoms with E-state index in [9.17, 15) is 0 Å². The summed E-state index contributed by atoms with van der Waals surface area (Å²) in [5.74, 6) is 5.46. The van der Waals surface area contributed by atoms with E-state index in [1.807, 2.05) is 0 Å². The van der Waals surface area contributed by atoms with Crippen LogP contribution in [0, 0.1) is 0 Å². The van der Waals surface area contributed by atoms with Gasteiger partial charge in [0, 0.05) is 11.9 Å². The third-order valence-electron chi connectivity index (χ3n) is 0.887. The number of hydrogen-bond donors (Lipinski definition) is 1. The van der Waals surface area contributed by atoms with Gasteiger partial charge < -0.3 is 5.84 Å². The maximum absolute atomic E-state index is 5.00. The van der Waals surface area contributed by atoms with Crippen LogP contribution in [0.15, 0.2) is 38.4 Å². The smallest absolute Gasteiger partial charge is 0.209 e. The van der Waals surface area contributed by atoms with Gasteiger partial charge in [-0.1, -0.05) is 12.7 Å². The van der Waals surface area contributed by atoms with E-state index in [2.05, 4.69) is 21.3 Å². The van der Waals surface area contributed by atoms with Crippen molar-refractivity contribution in [3.63, 3.8) is 0 Å². The molecule has 1 heterocycles. The van der Waals surface area contributed by atoms with Gasteiger partial charge in [-0.05, 0) is 6.08 Å². The van der Waals surface area contributed by atoms with Gasteiger partial charge in [-0.15, -0.1) is 9.63 Å². The summed E-state index contributed by atoms with van der Waals surface area (Å²) in [6.07, 6.45) is 3.40. The van der Waals surface area contributed by atoms with Crippen molar-refractivity contribution in [2.45, 2.75) is 0 Å². The summed E-state index contributed by atoms with van der Waals surface area (Å²) in [6, 6.07) is 0. The van der Waals surface area contributed by atoms with Crippen molar-refractivity contribution in [3.8, 4) is 0 Å². The molecular formula is C5H6N4S. The minimum Gasteiger partial charge on any atom is -0.321 e. The molecule has 0 spiro atoms. The van der Waals surface area contributed by atoms with Gasteiger partial charge in [-0.25, -0.2) is 0 Å². The lowest BCUT2D eigenvalue weighted by Crippen LogP contribution is -1.94. The minimum atomic E-state index is 0.463. The van der Waals surface area contributed by atoms with E-state index in [1.165, 1.54) is 11.9 Å². The Morgan fingerprint density at radius 2 is 2.50 bits per heavy atom. The second-order valence-corrected chi connectivity index (χ2v) is 2.28. The molecule has 5 heteroatoms. The Labute approximate surface area is 62.7 Å². The third kappa shape index (κ3) is 1.24. The standard InChI is InChI=1S/C5H6N4S/c1-2-3-4-5(7-6)8-9-10-4/h2-3H,1,6H2/b4-3+,7-5+. The molecule has 0 atom stereocenters. The first-order valence-electron chi connectivity index (χ1n) is 2.57. The van der Waals surface area contributed by atoms with Crippen LogP contribution in [0.1, 0.15) is 0 Å². The van der Waals surface area contributed by atoms with Crippen molar-refractivity contribution in [2.24, 2.45) is 20.6 Å². The Hall–Kier alpha value is -1.10. The summed E-state index contributed by atoms with van der Waals surface area (Å²) in [5.41, 5.74) is 0. The zero-order valence-electron chi connectivity index (χ0n) is 5.19. The Balaban J connectivity index is 2.84. The highest BCUT2D eigenvalue weighted by molar-refractivity contribution is 8.03. The normalized spacial score (nSPS) is 24.4. The van der Waals surface area contributed by atoms with E-state index < -0.39 is 0 Å². The summed E-state index contributed by atoms with van der Waals surface area (Å²) in [5, 5.41) is 7.06. The average Bonchev–Trinajstić information content (AvgIpc) is 2.36. The van der Waals surface area contributed by atoms with Gasteiger partial charge >= 0.3 is 0 Å². The first-order valence-corrected chi connectivity index (χ1v) is 3.35. The summed E-state index contributed by atoms with van der Waals surface area (Å²) in [4.78, 5) is 0.831. The predicted molar refractivity (Wildman–Crippen MR) is 42.3 cm³/mol. The van der Waals surface area contributed by atoms with Gasteiger partial charge in [0.1, 0.15) is 0 Å². The van der Waals surface area contributed by atoms with Crippen LogP contribution in [-0.4, -0.2) is 5.84 Å². The molecule has 0 aromatic rings. The molecule has 0 aromatic heterocycles. The van der Waals surface area contributed by atoms with Crippen LogP contribution >= 0.6 is 11.9 Å². The fourth-order valence-electron chi connectivity index (χ4n) is 0.495. The SMILES string of the molecule is C=C/C=C1/SN=N/C1=N/N. The van der Waals surface area contributed by atoms with E-state index in [1.54, 1.807) is 12.2 Å². The summed E-state index contributed by atoms with van der Waals surface area (Å²) >= 11 is 1.24. The second kappa shape index (κ2) is 3.17. The number of amidine groups is 1. The van der Waals surface area contributed by atoms with Crippen LogP contribution in [0.4, 0.5) is 0 Å². The van der Waals surface area contributed by atoms with E-state index in [4.69, 9.17) is 5.84 Å². The van der Waals surface area contributed by atoms with Crippen molar-refractivity contribution < 1.29 is 0 Å². The van der Waals surface area contributed by atoms with Gasteiger partial charge in [0.05, 0.1) is 4.91 Å². The Morgan fingerprint density at radius 3 is 3.10 bits per heavy atom. The zero-order chi connectivity index (χ0) is 7.40. The Kier molecular flexibility index (Phi) is 2.22. The number of hydrogen-bond acceptors (Lipinski definition) is 4. The van der Waals surface area contributed by atoms with Gasteiger partial charge in [-0.2, -0.15) is 5.10 Å². The predicted octanol–water partition coefficient (Wildman–Crippen LogP) is 1.44. The van der Waals surface area contributed by atoms with Crippen molar-refractivity contribution in [2.75, 3.05) is 0 Å². The van der Waals surface area contributed by atoms with Crippen LogP contribution < -0.4 is 5.84 Å². The second-order valence-electron chi connectivity index (χ2n) is 1.49. The molecule has 0 aliphatic carbocycles. The lowest BCUT2D eigenvalue weighted by molar-refractivity contribution is 1.22. The molecule has 0 fully saturated rings. The number of hydrazone groups is 1. The van der Waals surface area contributed by atoms with Crippen molar-refractivity contribution in [1.82, 2.24) is 0 Å². The highest BCUT2D eigenvalue weighted by Gasteiger charge is 2.11. The quantitative estimate of drug-likeness (QED) is 0.353.